The summed E-state index contributed by atoms with van der Waals surface area (Å²) in [6.45, 7) is 3.07. The molecule has 1 atom stereocenters. The number of aryl methyl sites for hydroxylation is 1. The first-order valence-corrected chi connectivity index (χ1v) is 5.26. The highest BCUT2D eigenvalue weighted by atomic mass is 32.2. The summed E-state index contributed by atoms with van der Waals surface area (Å²) in [7, 11) is 0. The van der Waals surface area contributed by atoms with Crippen molar-refractivity contribution in [2.24, 2.45) is 0 Å². The normalized spacial score (nSPS) is 12.2. The first-order chi connectivity index (χ1) is 6.91. The lowest BCUT2D eigenvalue weighted by atomic mass is 10.2. The van der Waals surface area contributed by atoms with Crippen LogP contribution in [-0.2, 0) is 15.9 Å². The Bertz CT molecular complexity index is 432. The van der Waals surface area contributed by atoms with E-state index < -0.39 is 11.1 Å². The summed E-state index contributed by atoms with van der Waals surface area (Å²) in [4.78, 5) is 10.9. The number of rotatable bonds is 2. The minimum Gasteiger partial charge on any atom is -0.768 e. The number of nitrogens with one attached hydrogen (secondary N) is 1. The predicted molar refractivity (Wildman–Crippen MR) is 57.1 cm³/mol. The average Bonchev–Trinajstić information content (AvgIpc) is 2.09. The number of carbonyl (C=O) groups is 1. The fourth-order valence-electron chi connectivity index (χ4n) is 1.17. The number of carbonyl (C=O) groups excluding carboxylic acids is 1. The molecule has 0 saturated carbocycles. The summed E-state index contributed by atoms with van der Waals surface area (Å²) >= 11 is -2.36. The minimum atomic E-state index is -2.36. The van der Waals surface area contributed by atoms with E-state index >= 15 is 0 Å². The molecule has 5 nitrogen and oxygen atoms in total. The van der Waals surface area contributed by atoms with Gasteiger partial charge in [-0.05, 0) is 35.7 Å². The molecule has 82 valence electrons. The molecule has 1 aromatic rings. The van der Waals surface area contributed by atoms with Crippen molar-refractivity contribution in [1.29, 1.82) is 0 Å². The second-order valence-corrected chi connectivity index (χ2v) is 4.03. The quantitative estimate of drug-likeness (QED) is 0.576. The topological polar surface area (TPSA) is 95.2 Å². The third-order valence-electron chi connectivity index (χ3n) is 1.85. The minimum absolute atomic E-state index is 0.0432. The van der Waals surface area contributed by atoms with E-state index in [9.17, 15) is 13.6 Å². The standard InChI is InChI=1S/C9H12N2O3S/c1-5-3-9(15(13)14)7(10)4-8(5)11-6(2)12/h3-4H,10H2,1-2H3,(H,11,12)(H,13,14)/p-1. The lowest BCUT2D eigenvalue weighted by Gasteiger charge is -2.13. The first kappa shape index (κ1) is 11.7. The molecule has 0 saturated heterocycles. The van der Waals surface area contributed by atoms with E-state index in [4.69, 9.17) is 5.73 Å². The summed E-state index contributed by atoms with van der Waals surface area (Å²) in [5.41, 5.74) is 6.82. The molecule has 6 heteroatoms. The largest absolute Gasteiger partial charge is 0.768 e. The molecule has 1 unspecified atom stereocenters. The zero-order valence-corrected chi connectivity index (χ0v) is 9.18. The van der Waals surface area contributed by atoms with Crippen LogP contribution in [0.15, 0.2) is 17.0 Å². The smallest absolute Gasteiger partial charge is 0.221 e. The van der Waals surface area contributed by atoms with Crippen LogP contribution in [0.2, 0.25) is 0 Å². The van der Waals surface area contributed by atoms with Gasteiger partial charge in [-0.1, -0.05) is 0 Å². The van der Waals surface area contributed by atoms with Gasteiger partial charge in [0.2, 0.25) is 5.91 Å². The molecule has 1 aromatic carbocycles. The number of hydrogen-bond acceptors (Lipinski definition) is 4. The summed E-state index contributed by atoms with van der Waals surface area (Å²) in [6.07, 6.45) is 0. The molecule has 0 heterocycles. The van der Waals surface area contributed by atoms with Crippen LogP contribution in [0.5, 0.6) is 0 Å². The van der Waals surface area contributed by atoms with Crippen molar-refractivity contribution in [3.05, 3.63) is 17.7 Å². The van der Waals surface area contributed by atoms with Crippen molar-refractivity contribution in [3.8, 4) is 0 Å². The van der Waals surface area contributed by atoms with E-state index in [0.717, 1.165) is 0 Å². The zero-order valence-electron chi connectivity index (χ0n) is 8.37. The van der Waals surface area contributed by atoms with Crippen LogP contribution < -0.4 is 11.1 Å². The second kappa shape index (κ2) is 4.41. The number of anilines is 2. The Morgan fingerprint density at radius 1 is 1.53 bits per heavy atom. The summed E-state index contributed by atoms with van der Waals surface area (Å²) in [6, 6.07) is 2.85. The maximum Gasteiger partial charge on any atom is 0.221 e. The molecule has 3 N–H and O–H groups in total. The molecule has 15 heavy (non-hydrogen) atoms. The Balaban J connectivity index is 3.19. The van der Waals surface area contributed by atoms with Crippen molar-refractivity contribution in [3.63, 3.8) is 0 Å². The van der Waals surface area contributed by atoms with Crippen molar-refractivity contribution < 1.29 is 13.6 Å². The van der Waals surface area contributed by atoms with Gasteiger partial charge in [0.15, 0.2) is 0 Å². The Labute approximate surface area is 90.0 Å². The van der Waals surface area contributed by atoms with Crippen LogP contribution in [0, 0.1) is 6.92 Å². The fourth-order valence-corrected chi connectivity index (χ4v) is 1.69. The van der Waals surface area contributed by atoms with Crippen molar-refractivity contribution in [2.75, 3.05) is 11.1 Å². The van der Waals surface area contributed by atoms with E-state index in [1.54, 1.807) is 6.92 Å². The van der Waals surface area contributed by atoms with Gasteiger partial charge in [0.25, 0.3) is 0 Å². The van der Waals surface area contributed by atoms with E-state index in [-0.39, 0.29) is 16.5 Å². The number of nitrogen functional groups attached to an aromatic ring is 1. The Morgan fingerprint density at radius 3 is 2.60 bits per heavy atom. The molecular formula is C9H11N2O3S-. The molecule has 0 aliphatic carbocycles. The monoisotopic (exact) mass is 227 g/mol. The van der Waals surface area contributed by atoms with Crippen molar-refractivity contribution >= 4 is 28.4 Å². The van der Waals surface area contributed by atoms with Gasteiger partial charge >= 0.3 is 0 Å². The van der Waals surface area contributed by atoms with E-state index in [1.165, 1.54) is 19.1 Å². The highest BCUT2D eigenvalue weighted by molar-refractivity contribution is 7.79. The predicted octanol–water partition coefficient (Wildman–Crippen LogP) is 0.774. The molecule has 1 amide bonds. The molecule has 0 fully saturated rings. The Kier molecular flexibility index (Phi) is 3.43. The van der Waals surface area contributed by atoms with Crippen LogP contribution in [0.4, 0.5) is 11.4 Å². The van der Waals surface area contributed by atoms with Crippen molar-refractivity contribution in [2.45, 2.75) is 18.7 Å². The van der Waals surface area contributed by atoms with Crippen LogP contribution in [0.3, 0.4) is 0 Å². The second-order valence-electron chi connectivity index (χ2n) is 3.12. The number of nitrogens with two attached hydrogens (primary N) is 1. The summed E-state index contributed by atoms with van der Waals surface area (Å²) in [5.74, 6) is -0.228. The molecule has 1 rings (SSSR count). The van der Waals surface area contributed by atoms with E-state index in [2.05, 4.69) is 5.32 Å². The molecule has 0 spiro atoms. The number of hydrogen-bond donors (Lipinski definition) is 2. The molecule has 0 radical (unpaired) electrons. The van der Waals surface area contributed by atoms with Gasteiger partial charge in [0.1, 0.15) is 0 Å². The van der Waals surface area contributed by atoms with Gasteiger partial charge < -0.3 is 15.6 Å². The van der Waals surface area contributed by atoms with Crippen LogP contribution in [-0.4, -0.2) is 14.7 Å². The Morgan fingerprint density at radius 2 is 2.13 bits per heavy atom. The third-order valence-corrected chi connectivity index (χ3v) is 2.56. The highest BCUT2D eigenvalue weighted by Gasteiger charge is 2.06. The van der Waals surface area contributed by atoms with Gasteiger partial charge in [-0.15, -0.1) is 0 Å². The molecular weight excluding hydrogens is 216 g/mol. The SMILES string of the molecule is CC(=O)Nc1cc(N)c(S(=O)[O-])cc1C. The lowest BCUT2D eigenvalue weighted by molar-refractivity contribution is -0.114. The summed E-state index contributed by atoms with van der Waals surface area (Å²) < 4.78 is 21.5. The molecule has 0 aliphatic heterocycles. The van der Waals surface area contributed by atoms with Crippen LogP contribution in [0.25, 0.3) is 0 Å². The molecule has 0 aromatic heterocycles. The lowest BCUT2D eigenvalue weighted by Crippen LogP contribution is -2.08. The van der Waals surface area contributed by atoms with Gasteiger partial charge in [-0.3, -0.25) is 9.00 Å². The van der Waals surface area contributed by atoms with Gasteiger partial charge in [-0.25, -0.2) is 0 Å². The summed E-state index contributed by atoms with van der Waals surface area (Å²) in [5, 5.41) is 2.56. The number of amides is 1. The third kappa shape index (κ3) is 2.77. The average molecular weight is 227 g/mol. The Hall–Kier alpha value is -1.40. The first-order valence-electron chi connectivity index (χ1n) is 4.18. The van der Waals surface area contributed by atoms with Gasteiger partial charge in [0.05, 0.1) is 0 Å². The maximum absolute atomic E-state index is 10.8. The number of benzene rings is 1. The zero-order chi connectivity index (χ0) is 11.6. The van der Waals surface area contributed by atoms with Crippen LogP contribution in [0.1, 0.15) is 12.5 Å². The molecule has 0 aliphatic rings. The fraction of sp³-hybridized carbons (Fsp3) is 0.222. The van der Waals surface area contributed by atoms with Gasteiger partial charge in [0, 0.05) is 23.2 Å². The molecule has 0 bridgehead atoms. The highest BCUT2D eigenvalue weighted by Crippen LogP contribution is 2.24. The van der Waals surface area contributed by atoms with E-state index in [0.29, 0.717) is 11.3 Å². The van der Waals surface area contributed by atoms with E-state index in [1.807, 2.05) is 0 Å². The maximum atomic E-state index is 10.8. The van der Waals surface area contributed by atoms with Crippen molar-refractivity contribution in [1.82, 2.24) is 0 Å². The van der Waals surface area contributed by atoms with Gasteiger partial charge in [-0.2, -0.15) is 0 Å². The van der Waals surface area contributed by atoms with Crippen LogP contribution >= 0.6 is 0 Å².